The first-order valence-electron chi connectivity index (χ1n) is 6.92. The third-order valence-corrected chi connectivity index (χ3v) is 3.67. The minimum absolute atomic E-state index is 0.269. The molecular weight excluding hydrogens is 330 g/mol. The predicted molar refractivity (Wildman–Crippen MR) is 90.0 cm³/mol. The molecule has 2 rings (SSSR count). The van der Waals surface area contributed by atoms with Gasteiger partial charge in [0.25, 0.3) is 0 Å². The van der Waals surface area contributed by atoms with E-state index in [1.807, 2.05) is 56.3 Å². The molecular formula is C17H20BrNO2. The number of ether oxygens (including phenoxy) is 1. The Morgan fingerprint density at radius 1 is 1.14 bits per heavy atom. The summed E-state index contributed by atoms with van der Waals surface area (Å²) in [5.41, 5.74) is 3.35. The molecule has 112 valence electrons. The van der Waals surface area contributed by atoms with Crippen molar-refractivity contribution in [3.05, 3.63) is 58.1 Å². The topological polar surface area (TPSA) is 41.5 Å². The zero-order valence-corrected chi connectivity index (χ0v) is 13.9. The number of aryl methyl sites for hydroxylation is 2. The highest BCUT2D eigenvalue weighted by atomic mass is 79.9. The number of benzene rings is 2. The van der Waals surface area contributed by atoms with Crippen molar-refractivity contribution in [3.8, 4) is 5.75 Å². The lowest BCUT2D eigenvalue weighted by atomic mass is 10.2. The quantitative estimate of drug-likeness (QED) is 0.830. The summed E-state index contributed by atoms with van der Waals surface area (Å²) in [6.45, 7) is 4.78. The van der Waals surface area contributed by atoms with E-state index in [2.05, 4.69) is 21.2 Å². The number of halogens is 1. The van der Waals surface area contributed by atoms with Crippen LogP contribution in [0.15, 0.2) is 46.9 Å². The molecule has 0 aliphatic carbocycles. The summed E-state index contributed by atoms with van der Waals surface area (Å²) in [5.74, 6) is 0.777. The molecule has 0 radical (unpaired) electrons. The van der Waals surface area contributed by atoms with Crippen LogP contribution in [0.25, 0.3) is 0 Å². The molecule has 2 aromatic rings. The number of anilines is 1. The van der Waals surface area contributed by atoms with Crippen molar-refractivity contribution in [1.29, 1.82) is 0 Å². The maximum absolute atomic E-state index is 9.98. The van der Waals surface area contributed by atoms with E-state index < -0.39 is 6.10 Å². The second-order valence-corrected chi connectivity index (χ2v) is 6.03. The normalized spacial score (nSPS) is 12.0. The Morgan fingerprint density at radius 3 is 2.52 bits per heavy atom. The van der Waals surface area contributed by atoms with Crippen LogP contribution in [0.1, 0.15) is 11.1 Å². The molecule has 0 aromatic heterocycles. The van der Waals surface area contributed by atoms with E-state index in [9.17, 15) is 5.11 Å². The highest BCUT2D eigenvalue weighted by Gasteiger charge is 2.06. The SMILES string of the molecule is Cc1ccc(OCC(O)CNc2ccc(Br)cc2C)cc1. The summed E-state index contributed by atoms with van der Waals surface area (Å²) in [6, 6.07) is 13.8. The molecule has 0 fully saturated rings. The largest absolute Gasteiger partial charge is 0.491 e. The third kappa shape index (κ3) is 5.06. The Labute approximate surface area is 134 Å². The molecule has 0 spiro atoms. The van der Waals surface area contributed by atoms with Crippen LogP contribution in [-0.4, -0.2) is 24.4 Å². The first-order valence-corrected chi connectivity index (χ1v) is 7.71. The Morgan fingerprint density at radius 2 is 1.86 bits per heavy atom. The fourth-order valence-corrected chi connectivity index (χ4v) is 2.41. The van der Waals surface area contributed by atoms with Crippen LogP contribution < -0.4 is 10.1 Å². The van der Waals surface area contributed by atoms with Gasteiger partial charge in [-0.05, 0) is 49.7 Å². The summed E-state index contributed by atoms with van der Waals surface area (Å²) >= 11 is 3.43. The van der Waals surface area contributed by atoms with Crippen molar-refractivity contribution in [2.75, 3.05) is 18.5 Å². The van der Waals surface area contributed by atoms with Crippen LogP contribution in [0.4, 0.5) is 5.69 Å². The van der Waals surface area contributed by atoms with Crippen LogP contribution in [-0.2, 0) is 0 Å². The Bertz CT molecular complexity index is 584. The average Bonchev–Trinajstić information content (AvgIpc) is 2.46. The second kappa shape index (κ2) is 7.48. The Balaban J connectivity index is 1.79. The van der Waals surface area contributed by atoms with Crippen LogP contribution in [0.2, 0.25) is 0 Å². The molecule has 21 heavy (non-hydrogen) atoms. The predicted octanol–water partition coefficient (Wildman–Crippen LogP) is 3.92. The standard InChI is InChI=1S/C17H20BrNO2/c1-12-3-6-16(7-4-12)21-11-15(20)10-19-17-8-5-14(18)9-13(17)2/h3-9,15,19-20H,10-11H2,1-2H3. The zero-order chi connectivity index (χ0) is 15.2. The first kappa shape index (κ1) is 15.9. The molecule has 0 heterocycles. The Kier molecular flexibility index (Phi) is 5.65. The summed E-state index contributed by atoms with van der Waals surface area (Å²) in [5, 5.41) is 13.2. The minimum atomic E-state index is -0.561. The van der Waals surface area contributed by atoms with Gasteiger partial charge in [-0.15, -0.1) is 0 Å². The summed E-state index contributed by atoms with van der Waals surface area (Å²) < 4.78 is 6.61. The molecule has 0 aliphatic heterocycles. The maximum Gasteiger partial charge on any atom is 0.119 e. The molecule has 0 bridgehead atoms. The van der Waals surface area contributed by atoms with Gasteiger partial charge in [0.05, 0.1) is 0 Å². The second-order valence-electron chi connectivity index (χ2n) is 5.12. The fraction of sp³-hybridized carbons (Fsp3) is 0.294. The number of aliphatic hydroxyl groups excluding tert-OH is 1. The lowest BCUT2D eigenvalue weighted by molar-refractivity contribution is 0.117. The van der Waals surface area contributed by atoms with Gasteiger partial charge in [-0.2, -0.15) is 0 Å². The van der Waals surface area contributed by atoms with Gasteiger partial charge in [0.2, 0.25) is 0 Å². The molecule has 0 amide bonds. The van der Waals surface area contributed by atoms with E-state index in [1.165, 1.54) is 5.56 Å². The van der Waals surface area contributed by atoms with Gasteiger partial charge in [-0.1, -0.05) is 33.6 Å². The Hall–Kier alpha value is -1.52. The fourth-order valence-electron chi connectivity index (χ4n) is 1.94. The molecule has 1 unspecified atom stereocenters. The summed E-state index contributed by atoms with van der Waals surface area (Å²) in [4.78, 5) is 0. The molecule has 2 N–H and O–H groups in total. The van der Waals surface area contributed by atoms with Crippen molar-refractivity contribution < 1.29 is 9.84 Å². The lowest BCUT2D eigenvalue weighted by Crippen LogP contribution is -2.26. The molecule has 3 nitrogen and oxygen atoms in total. The highest BCUT2D eigenvalue weighted by molar-refractivity contribution is 9.10. The van der Waals surface area contributed by atoms with E-state index in [1.54, 1.807) is 0 Å². The minimum Gasteiger partial charge on any atom is -0.491 e. The first-order chi connectivity index (χ1) is 10.0. The van der Waals surface area contributed by atoms with Crippen LogP contribution >= 0.6 is 15.9 Å². The van der Waals surface area contributed by atoms with Crippen molar-refractivity contribution in [2.24, 2.45) is 0 Å². The highest BCUT2D eigenvalue weighted by Crippen LogP contribution is 2.20. The van der Waals surface area contributed by atoms with Crippen molar-refractivity contribution in [3.63, 3.8) is 0 Å². The van der Waals surface area contributed by atoms with E-state index in [4.69, 9.17) is 4.74 Å². The van der Waals surface area contributed by atoms with Gasteiger partial charge in [-0.3, -0.25) is 0 Å². The van der Waals surface area contributed by atoms with Gasteiger partial charge >= 0.3 is 0 Å². The van der Waals surface area contributed by atoms with Crippen LogP contribution in [0.3, 0.4) is 0 Å². The molecule has 1 atom stereocenters. The molecule has 0 saturated heterocycles. The number of nitrogens with one attached hydrogen (secondary N) is 1. The number of rotatable bonds is 6. The smallest absolute Gasteiger partial charge is 0.119 e. The van der Waals surface area contributed by atoms with E-state index in [0.717, 1.165) is 21.5 Å². The van der Waals surface area contributed by atoms with Crippen LogP contribution in [0.5, 0.6) is 5.75 Å². The summed E-state index contributed by atoms with van der Waals surface area (Å²) in [7, 11) is 0. The van der Waals surface area contributed by atoms with Crippen LogP contribution in [0, 0.1) is 13.8 Å². The number of hydrogen-bond acceptors (Lipinski definition) is 3. The lowest BCUT2D eigenvalue weighted by Gasteiger charge is -2.15. The molecule has 2 aromatic carbocycles. The van der Waals surface area contributed by atoms with E-state index in [-0.39, 0.29) is 6.61 Å². The molecule has 4 heteroatoms. The van der Waals surface area contributed by atoms with Gasteiger partial charge in [-0.25, -0.2) is 0 Å². The maximum atomic E-state index is 9.98. The van der Waals surface area contributed by atoms with E-state index in [0.29, 0.717) is 6.54 Å². The molecule has 0 saturated carbocycles. The van der Waals surface area contributed by atoms with Crippen molar-refractivity contribution in [2.45, 2.75) is 20.0 Å². The zero-order valence-electron chi connectivity index (χ0n) is 12.3. The average molecular weight is 350 g/mol. The third-order valence-electron chi connectivity index (χ3n) is 3.18. The summed E-state index contributed by atoms with van der Waals surface area (Å²) in [6.07, 6.45) is -0.561. The van der Waals surface area contributed by atoms with Crippen molar-refractivity contribution in [1.82, 2.24) is 0 Å². The van der Waals surface area contributed by atoms with Gasteiger partial charge in [0.1, 0.15) is 18.5 Å². The number of hydrogen-bond donors (Lipinski definition) is 2. The van der Waals surface area contributed by atoms with Crippen molar-refractivity contribution >= 4 is 21.6 Å². The van der Waals surface area contributed by atoms with Gasteiger partial charge in [0, 0.05) is 16.7 Å². The van der Waals surface area contributed by atoms with Gasteiger partial charge in [0.15, 0.2) is 0 Å². The monoisotopic (exact) mass is 349 g/mol. The molecule has 0 aliphatic rings. The number of aliphatic hydroxyl groups is 1. The van der Waals surface area contributed by atoms with E-state index >= 15 is 0 Å². The van der Waals surface area contributed by atoms with Gasteiger partial charge < -0.3 is 15.2 Å².